The number of rotatable bonds is 2. The van der Waals surface area contributed by atoms with Crippen molar-refractivity contribution in [2.75, 3.05) is 0 Å². The minimum atomic E-state index is -0.196. The second-order valence-electron chi connectivity index (χ2n) is 10.1. The quantitative estimate of drug-likeness (QED) is 0.503. The highest BCUT2D eigenvalue weighted by Crippen LogP contribution is 2.65. The standard InChI is InChI=1S/C22H36O3/c1-8-20(5)12-9-17-21(6)13-11-18(24-15(2)23)19(3,4)16(21)10-14-22(17,7)25-20/h8,16-18H,1,9-14H2,2-7H3/t16-,17+,18-,20+,21-,22+/m1/s1. The number of hydrogen-bond donors (Lipinski definition) is 0. The molecule has 0 N–H and O–H groups in total. The van der Waals surface area contributed by atoms with Crippen LogP contribution in [-0.2, 0) is 14.3 Å². The molecular formula is C22H36O3. The molecule has 0 amide bonds. The van der Waals surface area contributed by atoms with Gasteiger partial charge in [-0.3, -0.25) is 4.79 Å². The zero-order chi connectivity index (χ0) is 18.7. The van der Waals surface area contributed by atoms with Gasteiger partial charge in [-0.15, -0.1) is 6.58 Å². The minimum absolute atomic E-state index is 0.0131. The van der Waals surface area contributed by atoms with Gasteiger partial charge in [-0.2, -0.15) is 0 Å². The lowest BCUT2D eigenvalue weighted by atomic mass is 9.44. The molecule has 3 heteroatoms. The van der Waals surface area contributed by atoms with E-state index in [2.05, 4.69) is 41.2 Å². The van der Waals surface area contributed by atoms with E-state index in [9.17, 15) is 4.79 Å². The van der Waals surface area contributed by atoms with Gasteiger partial charge >= 0.3 is 5.97 Å². The van der Waals surface area contributed by atoms with Gasteiger partial charge in [0.15, 0.2) is 0 Å². The van der Waals surface area contributed by atoms with Crippen LogP contribution in [0.5, 0.6) is 0 Å². The lowest BCUT2D eigenvalue weighted by molar-refractivity contribution is -0.263. The molecule has 1 saturated heterocycles. The van der Waals surface area contributed by atoms with E-state index < -0.39 is 0 Å². The van der Waals surface area contributed by atoms with Crippen molar-refractivity contribution in [2.45, 2.75) is 97.4 Å². The van der Waals surface area contributed by atoms with Crippen LogP contribution >= 0.6 is 0 Å². The average Bonchev–Trinajstić information content (AvgIpc) is 2.49. The molecule has 3 nitrogen and oxygen atoms in total. The molecule has 0 spiro atoms. The van der Waals surface area contributed by atoms with Crippen molar-refractivity contribution in [3.63, 3.8) is 0 Å². The molecule has 0 radical (unpaired) electrons. The van der Waals surface area contributed by atoms with Gasteiger partial charge in [-0.1, -0.05) is 26.8 Å². The Morgan fingerprint density at radius 3 is 2.28 bits per heavy atom. The van der Waals surface area contributed by atoms with Gasteiger partial charge in [0.1, 0.15) is 6.10 Å². The fraction of sp³-hybridized carbons (Fsp3) is 0.864. The second kappa shape index (κ2) is 5.84. The molecule has 0 aromatic rings. The molecule has 3 fully saturated rings. The number of hydrogen-bond acceptors (Lipinski definition) is 3. The maximum absolute atomic E-state index is 11.6. The first-order valence-corrected chi connectivity index (χ1v) is 9.98. The van der Waals surface area contributed by atoms with E-state index in [1.807, 2.05) is 6.08 Å². The Hall–Kier alpha value is -0.830. The number of fused-ring (bicyclic) bond motifs is 3. The van der Waals surface area contributed by atoms with Crippen molar-refractivity contribution in [2.24, 2.45) is 22.7 Å². The van der Waals surface area contributed by atoms with Crippen LogP contribution in [0.25, 0.3) is 0 Å². The monoisotopic (exact) mass is 348 g/mol. The first-order valence-electron chi connectivity index (χ1n) is 9.98. The van der Waals surface area contributed by atoms with Gasteiger partial charge in [0.05, 0.1) is 11.2 Å². The van der Waals surface area contributed by atoms with E-state index in [4.69, 9.17) is 9.47 Å². The number of carbonyl (C=O) groups excluding carboxylic acids is 1. The molecule has 1 heterocycles. The van der Waals surface area contributed by atoms with E-state index >= 15 is 0 Å². The lowest BCUT2D eigenvalue weighted by Gasteiger charge is -2.66. The van der Waals surface area contributed by atoms with E-state index in [1.165, 1.54) is 13.3 Å². The van der Waals surface area contributed by atoms with Crippen LogP contribution in [0.3, 0.4) is 0 Å². The third kappa shape index (κ3) is 2.87. The topological polar surface area (TPSA) is 35.5 Å². The summed E-state index contributed by atoms with van der Waals surface area (Å²) in [5, 5.41) is 0. The normalized spacial score (nSPS) is 48.8. The molecule has 0 aromatic heterocycles. The third-order valence-electron chi connectivity index (χ3n) is 8.07. The highest BCUT2D eigenvalue weighted by Gasteiger charge is 2.63. The molecule has 142 valence electrons. The Morgan fingerprint density at radius 1 is 1.04 bits per heavy atom. The molecular weight excluding hydrogens is 312 g/mol. The van der Waals surface area contributed by atoms with Crippen molar-refractivity contribution < 1.29 is 14.3 Å². The van der Waals surface area contributed by atoms with Gasteiger partial charge in [-0.25, -0.2) is 0 Å². The lowest BCUT2D eigenvalue weighted by Crippen LogP contribution is -2.64. The van der Waals surface area contributed by atoms with Crippen molar-refractivity contribution in [3.8, 4) is 0 Å². The molecule has 1 aliphatic heterocycles. The van der Waals surface area contributed by atoms with Crippen LogP contribution in [0.1, 0.15) is 80.1 Å². The zero-order valence-corrected chi connectivity index (χ0v) is 17.0. The minimum Gasteiger partial charge on any atom is -0.462 e. The Balaban J connectivity index is 1.90. The number of ether oxygens (including phenoxy) is 2. The Morgan fingerprint density at radius 2 is 1.68 bits per heavy atom. The van der Waals surface area contributed by atoms with E-state index in [0.29, 0.717) is 11.8 Å². The Labute approximate surface area is 153 Å². The van der Waals surface area contributed by atoms with E-state index in [0.717, 1.165) is 32.1 Å². The van der Waals surface area contributed by atoms with E-state index in [1.54, 1.807) is 0 Å². The van der Waals surface area contributed by atoms with Gasteiger partial charge in [-0.05, 0) is 69.6 Å². The van der Waals surface area contributed by atoms with Crippen LogP contribution in [0.4, 0.5) is 0 Å². The predicted molar refractivity (Wildman–Crippen MR) is 100 cm³/mol. The third-order valence-corrected chi connectivity index (χ3v) is 8.07. The summed E-state index contributed by atoms with van der Waals surface area (Å²) >= 11 is 0. The molecule has 0 bridgehead atoms. The number of carbonyl (C=O) groups is 1. The number of esters is 1. The summed E-state index contributed by atoms with van der Waals surface area (Å²) in [4.78, 5) is 11.6. The van der Waals surface area contributed by atoms with Gasteiger partial charge in [0, 0.05) is 12.3 Å². The first kappa shape index (κ1) is 18.9. The molecule has 0 unspecified atom stereocenters. The molecule has 25 heavy (non-hydrogen) atoms. The smallest absolute Gasteiger partial charge is 0.302 e. The summed E-state index contributed by atoms with van der Waals surface area (Å²) in [6, 6.07) is 0. The predicted octanol–water partition coefficient (Wildman–Crippen LogP) is 5.28. The largest absolute Gasteiger partial charge is 0.462 e. The molecule has 3 rings (SSSR count). The Bertz CT molecular complexity index is 568. The molecule has 6 atom stereocenters. The van der Waals surface area contributed by atoms with Gasteiger partial charge in [0.25, 0.3) is 0 Å². The van der Waals surface area contributed by atoms with Crippen molar-refractivity contribution in [3.05, 3.63) is 12.7 Å². The fourth-order valence-corrected chi connectivity index (χ4v) is 6.81. The maximum Gasteiger partial charge on any atom is 0.302 e. The van der Waals surface area contributed by atoms with Crippen LogP contribution in [0.15, 0.2) is 12.7 Å². The maximum atomic E-state index is 11.6. The summed E-state index contributed by atoms with van der Waals surface area (Å²) < 4.78 is 12.4. The molecule has 0 aromatic carbocycles. The van der Waals surface area contributed by atoms with Crippen LogP contribution < -0.4 is 0 Å². The Kier molecular flexibility index (Phi) is 4.42. The highest BCUT2D eigenvalue weighted by atomic mass is 16.5. The summed E-state index contributed by atoms with van der Waals surface area (Å²) in [5.74, 6) is 0.974. The summed E-state index contributed by atoms with van der Waals surface area (Å²) in [6.45, 7) is 17.1. The van der Waals surface area contributed by atoms with Gasteiger partial charge < -0.3 is 9.47 Å². The van der Waals surface area contributed by atoms with Crippen molar-refractivity contribution in [1.82, 2.24) is 0 Å². The average molecular weight is 349 g/mol. The second-order valence-corrected chi connectivity index (χ2v) is 10.1. The summed E-state index contributed by atoms with van der Waals surface area (Å²) in [6.07, 6.45) is 8.57. The molecule has 3 aliphatic rings. The van der Waals surface area contributed by atoms with E-state index in [-0.39, 0.29) is 34.1 Å². The summed E-state index contributed by atoms with van der Waals surface area (Å²) in [5.41, 5.74) is -0.00939. The molecule has 2 saturated carbocycles. The van der Waals surface area contributed by atoms with Crippen LogP contribution in [0, 0.1) is 22.7 Å². The highest BCUT2D eigenvalue weighted by molar-refractivity contribution is 5.66. The van der Waals surface area contributed by atoms with Gasteiger partial charge in [0.2, 0.25) is 0 Å². The summed E-state index contributed by atoms with van der Waals surface area (Å²) in [7, 11) is 0. The molecule has 2 aliphatic carbocycles. The fourth-order valence-electron chi connectivity index (χ4n) is 6.81. The SMILES string of the molecule is C=C[C@@]1(C)CC[C@H]2[C@]3(C)CC[C@@H](OC(C)=O)C(C)(C)[C@H]3CC[C@]2(C)O1. The van der Waals surface area contributed by atoms with Crippen molar-refractivity contribution >= 4 is 5.97 Å². The van der Waals surface area contributed by atoms with Crippen LogP contribution in [0.2, 0.25) is 0 Å². The zero-order valence-electron chi connectivity index (χ0n) is 17.0. The van der Waals surface area contributed by atoms with Crippen molar-refractivity contribution in [1.29, 1.82) is 0 Å². The van der Waals surface area contributed by atoms with Crippen LogP contribution in [-0.4, -0.2) is 23.3 Å². The first-order chi connectivity index (χ1) is 11.5.